The number of hydrogen-bond donors (Lipinski definition) is 1. The van der Waals surface area contributed by atoms with Crippen LogP contribution in [-0.2, 0) is 15.1 Å². The standard InChI is InChI=1S/C23H26N4O3/c1-17-8-10-18(11-9-17)23(2)21(29)27(22(30)24-23)16-20(28)26-14-12-25(13-15-26)19-6-4-3-5-7-19/h3-11H,12-16H2,1-2H3,(H,24,30)/t23-/m0/s1. The van der Waals surface area contributed by atoms with Crippen LogP contribution in [0.5, 0.6) is 0 Å². The van der Waals surface area contributed by atoms with Crippen molar-refractivity contribution in [3.05, 3.63) is 65.7 Å². The van der Waals surface area contributed by atoms with Gasteiger partial charge in [-0.1, -0.05) is 48.0 Å². The van der Waals surface area contributed by atoms with Crippen molar-refractivity contribution in [3.8, 4) is 0 Å². The van der Waals surface area contributed by atoms with Crippen molar-refractivity contribution in [1.82, 2.24) is 15.1 Å². The molecule has 0 radical (unpaired) electrons. The highest BCUT2D eigenvalue weighted by atomic mass is 16.2. The highest BCUT2D eigenvalue weighted by molar-refractivity contribution is 6.09. The third-order valence-electron chi connectivity index (χ3n) is 5.95. The van der Waals surface area contributed by atoms with E-state index in [2.05, 4.69) is 22.3 Å². The second-order valence-corrected chi connectivity index (χ2v) is 8.02. The molecule has 2 aliphatic heterocycles. The number of rotatable bonds is 4. The molecule has 1 N–H and O–H groups in total. The lowest BCUT2D eigenvalue weighted by atomic mass is 9.91. The average Bonchev–Trinajstić information content (AvgIpc) is 2.98. The van der Waals surface area contributed by atoms with Crippen LogP contribution < -0.4 is 10.2 Å². The summed E-state index contributed by atoms with van der Waals surface area (Å²) in [6.45, 7) is 5.97. The van der Waals surface area contributed by atoms with Crippen molar-refractivity contribution < 1.29 is 14.4 Å². The Kier molecular flexibility index (Phi) is 5.20. The molecule has 2 saturated heterocycles. The molecule has 156 valence electrons. The van der Waals surface area contributed by atoms with Gasteiger partial charge in [-0.3, -0.25) is 14.5 Å². The Balaban J connectivity index is 1.39. The highest BCUT2D eigenvalue weighted by Gasteiger charge is 2.49. The van der Waals surface area contributed by atoms with E-state index in [9.17, 15) is 14.4 Å². The maximum Gasteiger partial charge on any atom is 0.325 e. The van der Waals surface area contributed by atoms with E-state index in [4.69, 9.17) is 0 Å². The molecule has 2 aromatic carbocycles. The first-order valence-electron chi connectivity index (χ1n) is 10.2. The molecule has 0 bridgehead atoms. The number of anilines is 1. The monoisotopic (exact) mass is 406 g/mol. The summed E-state index contributed by atoms with van der Waals surface area (Å²) in [6, 6.07) is 17.0. The number of nitrogens with zero attached hydrogens (tertiary/aromatic N) is 3. The normalized spacial score (nSPS) is 21.7. The van der Waals surface area contributed by atoms with Crippen LogP contribution in [0.25, 0.3) is 0 Å². The maximum absolute atomic E-state index is 13.0. The Morgan fingerprint density at radius 1 is 0.967 bits per heavy atom. The van der Waals surface area contributed by atoms with Gasteiger partial charge in [-0.2, -0.15) is 0 Å². The molecular weight excluding hydrogens is 380 g/mol. The van der Waals surface area contributed by atoms with Crippen LogP contribution in [0.3, 0.4) is 0 Å². The van der Waals surface area contributed by atoms with E-state index in [0.717, 1.165) is 29.2 Å². The Morgan fingerprint density at radius 3 is 2.23 bits per heavy atom. The summed E-state index contributed by atoms with van der Waals surface area (Å²) < 4.78 is 0. The van der Waals surface area contributed by atoms with Gasteiger partial charge in [0.05, 0.1) is 0 Å². The van der Waals surface area contributed by atoms with Crippen LogP contribution >= 0.6 is 0 Å². The molecule has 2 heterocycles. The van der Waals surface area contributed by atoms with Crippen molar-refractivity contribution in [2.75, 3.05) is 37.6 Å². The molecule has 7 nitrogen and oxygen atoms in total. The second-order valence-electron chi connectivity index (χ2n) is 8.02. The lowest BCUT2D eigenvalue weighted by Gasteiger charge is -2.36. The van der Waals surface area contributed by atoms with E-state index in [0.29, 0.717) is 18.7 Å². The molecular formula is C23H26N4O3. The van der Waals surface area contributed by atoms with Gasteiger partial charge in [-0.15, -0.1) is 0 Å². The molecule has 2 aliphatic rings. The van der Waals surface area contributed by atoms with Crippen LogP contribution in [0.2, 0.25) is 0 Å². The summed E-state index contributed by atoms with van der Waals surface area (Å²) in [5.41, 5.74) is 1.75. The maximum atomic E-state index is 13.0. The first-order chi connectivity index (χ1) is 14.4. The molecule has 1 atom stereocenters. The number of amides is 4. The number of piperazine rings is 1. The summed E-state index contributed by atoms with van der Waals surface area (Å²) in [7, 11) is 0. The molecule has 0 aromatic heterocycles. The fourth-order valence-corrected chi connectivity index (χ4v) is 4.01. The number of carbonyl (C=O) groups excluding carboxylic acids is 3. The lowest BCUT2D eigenvalue weighted by molar-refractivity contribution is -0.139. The molecule has 4 amide bonds. The van der Waals surface area contributed by atoms with Gasteiger partial charge in [0, 0.05) is 31.9 Å². The molecule has 0 spiro atoms. The number of nitrogens with one attached hydrogen (secondary N) is 1. The summed E-state index contributed by atoms with van der Waals surface area (Å²) in [6.07, 6.45) is 0. The number of benzene rings is 2. The Hall–Kier alpha value is -3.35. The number of carbonyl (C=O) groups is 3. The average molecular weight is 406 g/mol. The van der Waals surface area contributed by atoms with Crippen LogP contribution in [-0.4, -0.2) is 60.4 Å². The van der Waals surface area contributed by atoms with Gasteiger partial charge in [0.25, 0.3) is 5.91 Å². The van der Waals surface area contributed by atoms with Gasteiger partial charge in [-0.05, 0) is 31.5 Å². The second kappa shape index (κ2) is 7.82. The Bertz CT molecular complexity index is 952. The minimum Gasteiger partial charge on any atom is -0.368 e. The third kappa shape index (κ3) is 3.63. The SMILES string of the molecule is Cc1ccc([C@]2(C)NC(=O)N(CC(=O)N3CCN(c4ccccc4)CC3)C2=O)cc1. The number of para-hydroxylation sites is 1. The lowest BCUT2D eigenvalue weighted by Crippen LogP contribution is -2.52. The minimum absolute atomic E-state index is 0.209. The van der Waals surface area contributed by atoms with E-state index in [1.165, 1.54) is 0 Å². The van der Waals surface area contributed by atoms with Gasteiger partial charge in [0.2, 0.25) is 5.91 Å². The van der Waals surface area contributed by atoms with E-state index < -0.39 is 17.5 Å². The zero-order chi connectivity index (χ0) is 21.3. The summed E-state index contributed by atoms with van der Waals surface area (Å²) in [4.78, 5) is 43.4. The Morgan fingerprint density at radius 2 is 1.60 bits per heavy atom. The number of urea groups is 1. The van der Waals surface area contributed by atoms with E-state index in [1.807, 2.05) is 49.4 Å². The van der Waals surface area contributed by atoms with Crippen LogP contribution in [0.15, 0.2) is 54.6 Å². The largest absolute Gasteiger partial charge is 0.368 e. The fourth-order valence-electron chi connectivity index (χ4n) is 4.01. The fraction of sp³-hybridized carbons (Fsp3) is 0.348. The topological polar surface area (TPSA) is 73.0 Å². The van der Waals surface area contributed by atoms with E-state index >= 15 is 0 Å². The zero-order valence-electron chi connectivity index (χ0n) is 17.3. The highest BCUT2D eigenvalue weighted by Crippen LogP contribution is 2.29. The van der Waals surface area contributed by atoms with Crippen LogP contribution in [0.1, 0.15) is 18.1 Å². The molecule has 7 heteroatoms. The molecule has 0 aliphatic carbocycles. The van der Waals surface area contributed by atoms with Gasteiger partial charge in [-0.25, -0.2) is 4.79 Å². The molecule has 30 heavy (non-hydrogen) atoms. The van der Waals surface area contributed by atoms with Gasteiger partial charge < -0.3 is 15.1 Å². The molecule has 4 rings (SSSR count). The summed E-state index contributed by atoms with van der Waals surface area (Å²) >= 11 is 0. The quantitative estimate of drug-likeness (QED) is 0.790. The van der Waals surface area contributed by atoms with Gasteiger partial charge >= 0.3 is 6.03 Å². The van der Waals surface area contributed by atoms with Crippen molar-refractivity contribution in [2.24, 2.45) is 0 Å². The number of hydrogen-bond acceptors (Lipinski definition) is 4. The van der Waals surface area contributed by atoms with Crippen LogP contribution in [0.4, 0.5) is 10.5 Å². The van der Waals surface area contributed by atoms with Gasteiger partial charge in [0.1, 0.15) is 12.1 Å². The smallest absolute Gasteiger partial charge is 0.325 e. The molecule has 2 fully saturated rings. The first kappa shape index (κ1) is 19.9. The minimum atomic E-state index is -1.16. The van der Waals surface area contributed by atoms with Crippen LogP contribution in [0, 0.1) is 6.92 Å². The van der Waals surface area contributed by atoms with Gasteiger partial charge in [0.15, 0.2) is 0 Å². The first-order valence-corrected chi connectivity index (χ1v) is 10.2. The van der Waals surface area contributed by atoms with E-state index in [1.54, 1.807) is 11.8 Å². The predicted octanol–water partition coefficient (Wildman–Crippen LogP) is 2.11. The predicted molar refractivity (Wildman–Crippen MR) is 114 cm³/mol. The van der Waals surface area contributed by atoms with Crippen molar-refractivity contribution >= 4 is 23.5 Å². The number of aryl methyl sites for hydroxylation is 1. The van der Waals surface area contributed by atoms with Crippen molar-refractivity contribution in [2.45, 2.75) is 19.4 Å². The van der Waals surface area contributed by atoms with Crippen molar-refractivity contribution in [1.29, 1.82) is 0 Å². The molecule has 0 saturated carbocycles. The summed E-state index contributed by atoms with van der Waals surface area (Å²) in [5.74, 6) is -0.605. The molecule has 2 aromatic rings. The van der Waals surface area contributed by atoms with E-state index in [-0.39, 0.29) is 12.5 Å². The molecule has 0 unspecified atom stereocenters. The number of imide groups is 1. The van der Waals surface area contributed by atoms with Crippen molar-refractivity contribution in [3.63, 3.8) is 0 Å². The summed E-state index contributed by atoms with van der Waals surface area (Å²) in [5, 5.41) is 2.76. The Labute approximate surface area is 176 Å². The third-order valence-corrected chi connectivity index (χ3v) is 5.95. The zero-order valence-corrected chi connectivity index (χ0v) is 17.3.